The van der Waals surface area contributed by atoms with Crippen LogP contribution in [0, 0.1) is 0 Å². The number of aromatic nitrogens is 2. The Bertz CT molecular complexity index is 578. The average Bonchev–Trinajstić information content (AvgIpc) is 3.04. The van der Waals surface area contributed by atoms with Crippen molar-refractivity contribution < 1.29 is 0 Å². The maximum atomic E-state index is 4.76. The highest BCUT2D eigenvalue weighted by molar-refractivity contribution is 5.78. The molecule has 2 aromatic rings. The summed E-state index contributed by atoms with van der Waals surface area (Å²) in [7, 11) is 0. The zero-order valence-corrected chi connectivity index (χ0v) is 12.8. The molecule has 2 heterocycles. The average molecular weight is 284 g/mol. The van der Waals surface area contributed by atoms with E-state index in [4.69, 9.17) is 4.98 Å². The Labute approximate surface area is 126 Å². The summed E-state index contributed by atoms with van der Waals surface area (Å²) in [5.41, 5.74) is 1.03. The fourth-order valence-electron chi connectivity index (χ4n) is 2.92. The van der Waals surface area contributed by atoms with Crippen LogP contribution in [0.25, 0.3) is 10.9 Å². The first-order valence-electron chi connectivity index (χ1n) is 8.07. The molecule has 0 saturated carbocycles. The van der Waals surface area contributed by atoms with Crippen molar-refractivity contribution >= 4 is 16.9 Å². The minimum absolute atomic E-state index is 0.580. The quantitative estimate of drug-likeness (QED) is 0.885. The van der Waals surface area contributed by atoms with Crippen molar-refractivity contribution in [3.05, 3.63) is 30.5 Å². The lowest BCUT2D eigenvalue weighted by molar-refractivity contribution is 0.566. The van der Waals surface area contributed by atoms with E-state index >= 15 is 0 Å². The predicted octanol–water partition coefficient (Wildman–Crippen LogP) is 2.99. The molecule has 1 fully saturated rings. The number of hydrogen-bond donors (Lipinski definition) is 1. The Kier molecular flexibility index (Phi) is 4.65. The van der Waals surface area contributed by atoms with E-state index in [9.17, 15) is 0 Å². The smallest absolute Gasteiger partial charge is 0.225 e. The van der Waals surface area contributed by atoms with Gasteiger partial charge in [-0.3, -0.25) is 0 Å². The van der Waals surface area contributed by atoms with E-state index in [1.54, 1.807) is 0 Å². The molecule has 1 atom stereocenters. The molecule has 0 amide bonds. The lowest BCUT2D eigenvalue weighted by Gasteiger charge is -2.26. The summed E-state index contributed by atoms with van der Waals surface area (Å²) in [5, 5.41) is 4.68. The molecule has 112 valence electrons. The fraction of sp³-hybridized carbons (Fsp3) is 0.529. The van der Waals surface area contributed by atoms with Crippen molar-refractivity contribution in [1.82, 2.24) is 15.3 Å². The summed E-state index contributed by atoms with van der Waals surface area (Å²) in [4.78, 5) is 11.7. The van der Waals surface area contributed by atoms with E-state index in [1.165, 1.54) is 25.7 Å². The molecule has 1 aliphatic heterocycles. The van der Waals surface area contributed by atoms with Crippen LogP contribution in [0.15, 0.2) is 30.5 Å². The van der Waals surface area contributed by atoms with Gasteiger partial charge in [-0.15, -0.1) is 0 Å². The first kappa shape index (κ1) is 14.3. The van der Waals surface area contributed by atoms with Gasteiger partial charge < -0.3 is 10.2 Å². The van der Waals surface area contributed by atoms with Gasteiger partial charge in [-0.05, 0) is 31.9 Å². The second-order valence-corrected chi connectivity index (χ2v) is 5.82. The number of fused-ring (bicyclic) bond motifs is 1. The van der Waals surface area contributed by atoms with Gasteiger partial charge in [0.1, 0.15) is 0 Å². The van der Waals surface area contributed by atoms with Crippen LogP contribution in [0.1, 0.15) is 32.6 Å². The van der Waals surface area contributed by atoms with Gasteiger partial charge in [0, 0.05) is 30.7 Å². The lowest BCUT2D eigenvalue weighted by Crippen LogP contribution is -2.39. The summed E-state index contributed by atoms with van der Waals surface area (Å²) in [6, 6.07) is 8.77. The number of para-hydroxylation sites is 1. The monoisotopic (exact) mass is 284 g/mol. The zero-order chi connectivity index (χ0) is 14.5. The number of nitrogens with one attached hydrogen (secondary N) is 1. The molecule has 1 N–H and O–H groups in total. The Hall–Kier alpha value is -1.68. The second-order valence-electron chi connectivity index (χ2n) is 5.82. The Morgan fingerprint density at radius 1 is 1.33 bits per heavy atom. The van der Waals surface area contributed by atoms with Gasteiger partial charge in [-0.25, -0.2) is 9.97 Å². The van der Waals surface area contributed by atoms with Crippen molar-refractivity contribution in [3.8, 4) is 0 Å². The van der Waals surface area contributed by atoms with Gasteiger partial charge in [0.2, 0.25) is 5.95 Å². The van der Waals surface area contributed by atoms with Crippen LogP contribution < -0.4 is 10.2 Å². The molecule has 0 radical (unpaired) electrons. The third kappa shape index (κ3) is 3.50. The number of rotatable bonds is 6. The number of unbranched alkanes of at least 4 members (excludes halogenated alkanes) is 1. The Balaban J connectivity index is 1.81. The van der Waals surface area contributed by atoms with Crippen molar-refractivity contribution in [2.24, 2.45) is 0 Å². The van der Waals surface area contributed by atoms with Crippen LogP contribution in [0.2, 0.25) is 0 Å². The Morgan fingerprint density at radius 3 is 3.05 bits per heavy atom. The molecule has 4 heteroatoms. The van der Waals surface area contributed by atoms with Gasteiger partial charge >= 0.3 is 0 Å². The lowest BCUT2D eigenvalue weighted by atomic mass is 10.2. The van der Waals surface area contributed by atoms with E-state index in [2.05, 4.69) is 34.3 Å². The highest BCUT2D eigenvalue weighted by atomic mass is 15.3. The van der Waals surface area contributed by atoms with E-state index in [-0.39, 0.29) is 0 Å². The van der Waals surface area contributed by atoms with E-state index in [0.717, 1.165) is 36.5 Å². The van der Waals surface area contributed by atoms with Crippen LogP contribution in [-0.4, -0.2) is 35.6 Å². The third-order valence-corrected chi connectivity index (χ3v) is 4.14. The maximum Gasteiger partial charge on any atom is 0.225 e. The minimum Gasteiger partial charge on any atom is -0.339 e. The molecule has 1 aromatic carbocycles. The van der Waals surface area contributed by atoms with Crippen LogP contribution in [0.5, 0.6) is 0 Å². The molecule has 1 aliphatic rings. The summed E-state index contributed by atoms with van der Waals surface area (Å²) in [6.45, 7) is 5.42. The molecule has 0 bridgehead atoms. The topological polar surface area (TPSA) is 41.0 Å². The molecule has 0 aliphatic carbocycles. The van der Waals surface area contributed by atoms with Crippen molar-refractivity contribution in [3.63, 3.8) is 0 Å². The van der Waals surface area contributed by atoms with E-state index in [1.807, 2.05) is 18.3 Å². The fourth-order valence-corrected chi connectivity index (χ4v) is 2.92. The molecule has 1 unspecified atom stereocenters. The summed E-state index contributed by atoms with van der Waals surface area (Å²) in [6.07, 6.45) is 6.87. The first-order chi connectivity index (χ1) is 10.4. The van der Waals surface area contributed by atoms with Crippen LogP contribution in [0.4, 0.5) is 5.95 Å². The third-order valence-electron chi connectivity index (χ3n) is 4.14. The molecular formula is C17H24N4. The molecule has 3 rings (SSSR count). The molecule has 0 spiro atoms. The normalized spacial score (nSPS) is 18.2. The molecule has 21 heavy (non-hydrogen) atoms. The predicted molar refractivity (Wildman–Crippen MR) is 87.7 cm³/mol. The molecule has 4 nitrogen and oxygen atoms in total. The zero-order valence-electron chi connectivity index (χ0n) is 12.8. The van der Waals surface area contributed by atoms with E-state index in [0.29, 0.717) is 6.04 Å². The first-order valence-corrected chi connectivity index (χ1v) is 8.07. The van der Waals surface area contributed by atoms with Crippen LogP contribution >= 0.6 is 0 Å². The minimum atomic E-state index is 0.580. The summed E-state index contributed by atoms with van der Waals surface area (Å²) < 4.78 is 0. The van der Waals surface area contributed by atoms with Gasteiger partial charge in [0.05, 0.1) is 5.52 Å². The van der Waals surface area contributed by atoms with Gasteiger partial charge in [0.25, 0.3) is 0 Å². The SMILES string of the molecule is CCCCN(CC1CCCN1)c1ncc2ccccc2n1. The van der Waals surface area contributed by atoms with Crippen LogP contribution in [-0.2, 0) is 0 Å². The summed E-state index contributed by atoms with van der Waals surface area (Å²) >= 11 is 0. The van der Waals surface area contributed by atoms with Crippen molar-refractivity contribution in [2.45, 2.75) is 38.6 Å². The number of hydrogen-bond acceptors (Lipinski definition) is 4. The largest absolute Gasteiger partial charge is 0.339 e. The maximum absolute atomic E-state index is 4.76. The van der Waals surface area contributed by atoms with Crippen molar-refractivity contribution in [1.29, 1.82) is 0 Å². The number of benzene rings is 1. The highest BCUT2D eigenvalue weighted by Crippen LogP contribution is 2.17. The molecular weight excluding hydrogens is 260 g/mol. The van der Waals surface area contributed by atoms with Gasteiger partial charge in [-0.2, -0.15) is 0 Å². The van der Waals surface area contributed by atoms with Crippen LogP contribution in [0.3, 0.4) is 0 Å². The second kappa shape index (κ2) is 6.85. The number of nitrogens with zero attached hydrogens (tertiary/aromatic N) is 3. The van der Waals surface area contributed by atoms with E-state index < -0.39 is 0 Å². The standard InChI is InChI=1S/C17H24N4/c1-2-3-11-21(13-15-8-6-10-18-15)17-19-12-14-7-4-5-9-16(14)20-17/h4-5,7,9,12,15,18H,2-3,6,8,10-11,13H2,1H3. The number of anilines is 1. The highest BCUT2D eigenvalue weighted by Gasteiger charge is 2.19. The summed E-state index contributed by atoms with van der Waals surface area (Å²) in [5.74, 6) is 0.871. The Morgan fingerprint density at radius 2 is 2.24 bits per heavy atom. The van der Waals surface area contributed by atoms with Crippen molar-refractivity contribution in [2.75, 3.05) is 24.5 Å². The molecule has 1 aromatic heterocycles. The van der Waals surface area contributed by atoms with Gasteiger partial charge in [-0.1, -0.05) is 31.5 Å². The van der Waals surface area contributed by atoms with Gasteiger partial charge in [0.15, 0.2) is 0 Å². The molecule has 1 saturated heterocycles.